The largest absolute Gasteiger partial charge is 0.376 e. The van der Waals surface area contributed by atoms with Gasteiger partial charge < -0.3 is 4.74 Å². The van der Waals surface area contributed by atoms with Crippen LogP contribution in [0, 0.1) is 5.92 Å². The Morgan fingerprint density at radius 3 is 2.60 bits per heavy atom. The molecule has 0 saturated heterocycles. The zero-order chi connectivity index (χ0) is 10.7. The molecule has 0 aliphatic heterocycles. The molecule has 0 N–H and O–H groups in total. The SMILES string of the molecule is COC(c1ccccc1)C1CCCC1=O. The summed E-state index contributed by atoms with van der Waals surface area (Å²) in [6.07, 6.45) is 2.64. The summed E-state index contributed by atoms with van der Waals surface area (Å²) < 4.78 is 5.47. The van der Waals surface area contributed by atoms with Gasteiger partial charge in [-0.1, -0.05) is 30.3 Å². The zero-order valence-corrected chi connectivity index (χ0v) is 8.98. The van der Waals surface area contributed by atoms with Gasteiger partial charge in [-0.05, 0) is 18.4 Å². The smallest absolute Gasteiger partial charge is 0.138 e. The fourth-order valence-electron chi connectivity index (χ4n) is 2.34. The van der Waals surface area contributed by atoms with Gasteiger partial charge in [0, 0.05) is 19.4 Å². The molecule has 80 valence electrons. The minimum atomic E-state index is -0.0544. The van der Waals surface area contributed by atoms with E-state index in [1.54, 1.807) is 7.11 Å². The van der Waals surface area contributed by atoms with E-state index in [0.717, 1.165) is 24.8 Å². The van der Waals surface area contributed by atoms with Crippen molar-refractivity contribution in [2.75, 3.05) is 7.11 Å². The Labute approximate surface area is 90.3 Å². The number of rotatable bonds is 3. The average Bonchev–Trinajstić information content (AvgIpc) is 2.68. The summed E-state index contributed by atoms with van der Waals surface area (Å²) in [5, 5.41) is 0. The van der Waals surface area contributed by atoms with Crippen LogP contribution in [0.3, 0.4) is 0 Å². The Hall–Kier alpha value is -1.15. The molecule has 0 aromatic heterocycles. The lowest BCUT2D eigenvalue weighted by atomic mass is 9.93. The van der Waals surface area contributed by atoms with Crippen LogP contribution in [0.5, 0.6) is 0 Å². The van der Waals surface area contributed by atoms with Crippen LogP contribution in [0.15, 0.2) is 30.3 Å². The highest BCUT2D eigenvalue weighted by Crippen LogP contribution is 2.35. The number of carbonyl (C=O) groups excluding carboxylic acids is 1. The van der Waals surface area contributed by atoms with Gasteiger partial charge in [0.05, 0.1) is 6.10 Å². The van der Waals surface area contributed by atoms with E-state index in [9.17, 15) is 4.79 Å². The number of methoxy groups -OCH3 is 1. The first-order chi connectivity index (χ1) is 7.33. The third kappa shape index (κ3) is 2.10. The molecule has 2 unspecified atom stereocenters. The second kappa shape index (κ2) is 4.58. The van der Waals surface area contributed by atoms with Crippen LogP contribution >= 0.6 is 0 Å². The molecule has 1 fully saturated rings. The molecule has 2 heteroatoms. The van der Waals surface area contributed by atoms with Gasteiger partial charge in [0.15, 0.2) is 0 Å². The molecule has 1 aliphatic rings. The predicted molar refractivity (Wildman–Crippen MR) is 58.5 cm³/mol. The molecule has 1 saturated carbocycles. The zero-order valence-electron chi connectivity index (χ0n) is 8.98. The van der Waals surface area contributed by atoms with Crippen molar-refractivity contribution in [2.24, 2.45) is 5.92 Å². The Morgan fingerprint density at radius 2 is 2.07 bits per heavy atom. The molecule has 0 spiro atoms. The van der Waals surface area contributed by atoms with E-state index in [1.165, 1.54) is 0 Å². The molecular weight excluding hydrogens is 188 g/mol. The standard InChI is InChI=1S/C13H16O2/c1-15-13(10-6-3-2-4-7-10)11-8-5-9-12(11)14/h2-4,6-7,11,13H,5,8-9H2,1H3. The third-order valence-electron chi connectivity index (χ3n) is 3.10. The lowest BCUT2D eigenvalue weighted by molar-refractivity contribution is -0.124. The predicted octanol–water partition coefficient (Wildman–Crippen LogP) is 2.74. The maximum absolute atomic E-state index is 11.7. The number of hydrogen-bond donors (Lipinski definition) is 0. The van der Waals surface area contributed by atoms with E-state index in [-0.39, 0.29) is 12.0 Å². The minimum Gasteiger partial charge on any atom is -0.376 e. The Bertz CT molecular complexity index is 332. The molecule has 0 radical (unpaired) electrons. The van der Waals surface area contributed by atoms with Crippen molar-refractivity contribution in [3.05, 3.63) is 35.9 Å². The van der Waals surface area contributed by atoms with Crippen molar-refractivity contribution < 1.29 is 9.53 Å². The molecular formula is C13H16O2. The van der Waals surface area contributed by atoms with Crippen LogP contribution in [0.25, 0.3) is 0 Å². The maximum Gasteiger partial charge on any atom is 0.138 e. The van der Waals surface area contributed by atoms with Crippen LogP contribution in [-0.4, -0.2) is 12.9 Å². The lowest BCUT2D eigenvalue weighted by Gasteiger charge is -2.21. The van der Waals surface area contributed by atoms with Gasteiger partial charge in [0.25, 0.3) is 0 Å². The van der Waals surface area contributed by atoms with Gasteiger partial charge in [-0.15, -0.1) is 0 Å². The summed E-state index contributed by atoms with van der Waals surface area (Å²) in [5.74, 6) is 0.420. The van der Waals surface area contributed by atoms with Crippen molar-refractivity contribution in [2.45, 2.75) is 25.4 Å². The second-order valence-corrected chi connectivity index (χ2v) is 4.03. The Morgan fingerprint density at radius 1 is 1.33 bits per heavy atom. The van der Waals surface area contributed by atoms with Crippen LogP contribution in [0.4, 0.5) is 0 Å². The molecule has 2 nitrogen and oxygen atoms in total. The van der Waals surface area contributed by atoms with Gasteiger partial charge in [-0.3, -0.25) is 4.79 Å². The van der Waals surface area contributed by atoms with E-state index >= 15 is 0 Å². The van der Waals surface area contributed by atoms with Crippen molar-refractivity contribution in [3.63, 3.8) is 0 Å². The van der Waals surface area contributed by atoms with Crippen LogP contribution in [0.1, 0.15) is 30.9 Å². The van der Waals surface area contributed by atoms with Gasteiger partial charge in [0.1, 0.15) is 5.78 Å². The molecule has 15 heavy (non-hydrogen) atoms. The molecule has 2 rings (SSSR count). The minimum absolute atomic E-state index is 0.0544. The monoisotopic (exact) mass is 204 g/mol. The summed E-state index contributed by atoms with van der Waals surface area (Å²) in [6.45, 7) is 0. The summed E-state index contributed by atoms with van der Waals surface area (Å²) in [5.41, 5.74) is 1.11. The van der Waals surface area contributed by atoms with Crippen molar-refractivity contribution >= 4 is 5.78 Å². The number of carbonyl (C=O) groups is 1. The van der Waals surface area contributed by atoms with E-state index in [0.29, 0.717) is 5.78 Å². The summed E-state index contributed by atoms with van der Waals surface area (Å²) in [6, 6.07) is 10.0. The molecule has 1 aromatic rings. The molecule has 0 bridgehead atoms. The fraction of sp³-hybridized carbons (Fsp3) is 0.462. The number of ether oxygens (including phenoxy) is 1. The quantitative estimate of drug-likeness (QED) is 0.756. The summed E-state index contributed by atoms with van der Waals surface area (Å²) >= 11 is 0. The topological polar surface area (TPSA) is 26.3 Å². The first kappa shape index (κ1) is 10.4. The molecule has 2 atom stereocenters. The first-order valence-electron chi connectivity index (χ1n) is 5.43. The average molecular weight is 204 g/mol. The van der Waals surface area contributed by atoms with Crippen molar-refractivity contribution in [1.82, 2.24) is 0 Å². The summed E-state index contributed by atoms with van der Waals surface area (Å²) in [7, 11) is 1.68. The van der Waals surface area contributed by atoms with Gasteiger partial charge in [-0.25, -0.2) is 0 Å². The van der Waals surface area contributed by atoms with Crippen LogP contribution in [-0.2, 0) is 9.53 Å². The second-order valence-electron chi connectivity index (χ2n) is 4.03. The molecule has 0 amide bonds. The van der Waals surface area contributed by atoms with Gasteiger partial charge in [-0.2, -0.15) is 0 Å². The normalized spacial score (nSPS) is 23.0. The molecule has 0 heterocycles. The number of benzene rings is 1. The Balaban J connectivity index is 2.20. The number of hydrogen-bond acceptors (Lipinski definition) is 2. The van der Waals surface area contributed by atoms with Crippen LogP contribution in [0.2, 0.25) is 0 Å². The molecule has 1 aromatic carbocycles. The van der Waals surface area contributed by atoms with Crippen LogP contribution < -0.4 is 0 Å². The number of ketones is 1. The highest BCUT2D eigenvalue weighted by Gasteiger charge is 2.32. The lowest BCUT2D eigenvalue weighted by Crippen LogP contribution is -2.18. The Kier molecular flexibility index (Phi) is 3.17. The third-order valence-corrected chi connectivity index (χ3v) is 3.10. The highest BCUT2D eigenvalue weighted by molar-refractivity contribution is 5.83. The van der Waals surface area contributed by atoms with Crippen molar-refractivity contribution in [3.8, 4) is 0 Å². The van der Waals surface area contributed by atoms with E-state index < -0.39 is 0 Å². The van der Waals surface area contributed by atoms with E-state index in [1.807, 2.05) is 30.3 Å². The molecule has 1 aliphatic carbocycles. The van der Waals surface area contributed by atoms with E-state index in [4.69, 9.17) is 4.74 Å². The fourth-order valence-corrected chi connectivity index (χ4v) is 2.34. The first-order valence-corrected chi connectivity index (χ1v) is 5.43. The van der Waals surface area contributed by atoms with Gasteiger partial charge >= 0.3 is 0 Å². The van der Waals surface area contributed by atoms with Crippen molar-refractivity contribution in [1.29, 1.82) is 0 Å². The van der Waals surface area contributed by atoms with E-state index in [2.05, 4.69) is 0 Å². The number of Topliss-reactive ketones (excluding diaryl/α,β-unsaturated/α-hetero) is 1. The summed E-state index contributed by atoms with van der Waals surface area (Å²) in [4.78, 5) is 11.7. The highest BCUT2D eigenvalue weighted by atomic mass is 16.5. The van der Waals surface area contributed by atoms with Gasteiger partial charge in [0.2, 0.25) is 0 Å². The maximum atomic E-state index is 11.7.